The molecule has 1 saturated heterocycles. The Morgan fingerprint density at radius 3 is 2.79 bits per heavy atom. The number of β-lactam (4-membered cyclic amide) rings is 1. The maximum atomic E-state index is 13.2. The molecule has 0 aromatic carbocycles. The van der Waals surface area contributed by atoms with Gasteiger partial charge in [-0.15, -0.1) is 23.1 Å². The quantitative estimate of drug-likeness (QED) is 0.126. The second-order valence-electron chi connectivity index (χ2n) is 8.76. The third-order valence-corrected chi connectivity index (χ3v) is 8.67. The molecule has 1 fully saturated rings. The zero-order valence-electron chi connectivity index (χ0n) is 20.9. The summed E-state index contributed by atoms with van der Waals surface area (Å²) in [4.78, 5) is 54.3. The largest absolute Gasteiger partial charge is 0.735 e. The van der Waals surface area contributed by atoms with E-state index in [2.05, 4.69) is 19.8 Å². The van der Waals surface area contributed by atoms with Crippen molar-refractivity contribution < 1.29 is 23.8 Å². The zero-order chi connectivity index (χ0) is 27.8. The van der Waals surface area contributed by atoms with Crippen LogP contribution in [0.3, 0.4) is 0 Å². The lowest BCUT2D eigenvalue weighted by molar-refractivity contribution is -0.660. The van der Waals surface area contributed by atoms with Crippen LogP contribution in [0.15, 0.2) is 40.6 Å². The molecule has 0 unspecified atom stereocenters. The molecule has 0 bridgehead atoms. The summed E-state index contributed by atoms with van der Waals surface area (Å²) in [7, 11) is 1.92. The van der Waals surface area contributed by atoms with Crippen LogP contribution in [0.25, 0.3) is 17.0 Å². The van der Waals surface area contributed by atoms with Crippen molar-refractivity contribution in [3.8, 4) is 11.4 Å². The van der Waals surface area contributed by atoms with Gasteiger partial charge in [0, 0.05) is 40.4 Å². The van der Waals surface area contributed by atoms with Crippen molar-refractivity contribution in [3.63, 3.8) is 0 Å². The first-order chi connectivity index (χ1) is 18.7. The number of carbonyl (C=O) groups is 3. The predicted octanol–water partition coefficient (Wildman–Crippen LogP) is 1.08. The maximum absolute atomic E-state index is 13.2. The van der Waals surface area contributed by atoms with Crippen molar-refractivity contribution >= 4 is 80.6 Å². The molecule has 0 saturated carbocycles. The molecule has 0 aliphatic carbocycles. The van der Waals surface area contributed by atoms with Crippen LogP contribution in [0.1, 0.15) is 24.7 Å². The van der Waals surface area contributed by atoms with Crippen LogP contribution in [-0.4, -0.2) is 65.2 Å². The van der Waals surface area contributed by atoms with Crippen molar-refractivity contribution in [2.24, 2.45) is 12.2 Å². The normalized spacial score (nSPS) is 19.1. The predicted molar refractivity (Wildman–Crippen MR) is 150 cm³/mol. The number of rotatable bonds is 8. The summed E-state index contributed by atoms with van der Waals surface area (Å²) >= 11 is 8.72. The highest BCUT2D eigenvalue weighted by molar-refractivity contribution is 8.00. The molecule has 3 N–H and O–H groups in total. The van der Waals surface area contributed by atoms with E-state index in [1.807, 2.05) is 41.4 Å². The molecular weight excluding hydrogens is 581 g/mol. The summed E-state index contributed by atoms with van der Waals surface area (Å²) in [6.07, 6.45) is 1.61. The number of amides is 2. The van der Waals surface area contributed by atoms with Crippen LogP contribution in [0.5, 0.6) is 0 Å². The molecule has 5 heterocycles. The van der Waals surface area contributed by atoms with Crippen LogP contribution in [0.4, 0.5) is 5.13 Å². The van der Waals surface area contributed by atoms with E-state index < -0.39 is 28.3 Å². The summed E-state index contributed by atoms with van der Waals surface area (Å²) in [5, 5.41) is 8.05. The number of aromatic nitrogens is 4. The first-order valence-electron chi connectivity index (χ1n) is 11.6. The topological polar surface area (TPSA) is 157 Å². The number of thiazole rings is 1. The first kappa shape index (κ1) is 27.1. The van der Waals surface area contributed by atoms with E-state index in [9.17, 15) is 14.4 Å². The second-order valence-corrected chi connectivity index (χ2v) is 11.9. The Balaban J connectivity index is 1.39. The molecule has 2 amide bonds. The van der Waals surface area contributed by atoms with Crippen LogP contribution in [-0.2, 0) is 38.9 Å². The van der Waals surface area contributed by atoms with Gasteiger partial charge >= 0.3 is 0 Å². The SMILES string of the molecule is CC(C)O/N=C(\C(=O)N[C@@H]1C(=O)N2C(C(=O)[S-])=C(c3nc(-c4cccc[n+]4C)cs3)CS[C@H]12)c1nsc(N)n1. The molecule has 2 aliphatic rings. The fourth-order valence-corrected chi connectivity index (χ4v) is 6.93. The van der Waals surface area contributed by atoms with Crippen LogP contribution in [0, 0.1) is 0 Å². The number of aryl methyl sites for hydroxylation is 1. The van der Waals surface area contributed by atoms with Gasteiger partial charge < -0.3 is 33.3 Å². The fraction of sp³-hybridized carbons (Fsp3) is 0.304. The van der Waals surface area contributed by atoms with Gasteiger partial charge in [0.05, 0.1) is 10.8 Å². The molecular formula is C23H22N8O4S4. The third-order valence-electron chi connectivity index (χ3n) is 5.75. The minimum Gasteiger partial charge on any atom is -0.735 e. The fourth-order valence-electron chi connectivity index (χ4n) is 3.97. The van der Waals surface area contributed by atoms with E-state index in [4.69, 9.17) is 28.2 Å². The third kappa shape index (κ3) is 5.24. The van der Waals surface area contributed by atoms with E-state index in [1.165, 1.54) is 28.0 Å². The minimum absolute atomic E-state index is 0.00873. The van der Waals surface area contributed by atoms with Crippen molar-refractivity contribution in [1.82, 2.24) is 24.6 Å². The number of fused-ring (bicyclic) bond motifs is 1. The maximum Gasteiger partial charge on any atom is 0.278 e. The van der Waals surface area contributed by atoms with Gasteiger partial charge in [0.15, 0.2) is 11.3 Å². The van der Waals surface area contributed by atoms with Gasteiger partial charge in [-0.05, 0) is 19.9 Å². The average molecular weight is 603 g/mol. The number of nitrogens with one attached hydrogen (secondary N) is 1. The molecule has 12 nitrogen and oxygen atoms in total. The molecule has 16 heteroatoms. The number of carbonyl (C=O) groups excluding carboxylic acids is 3. The van der Waals surface area contributed by atoms with Gasteiger partial charge in [-0.25, -0.2) is 4.98 Å². The second kappa shape index (κ2) is 11.0. The highest BCUT2D eigenvalue weighted by atomic mass is 32.2. The number of anilines is 1. The molecule has 0 radical (unpaired) electrons. The number of oxime groups is 1. The Hall–Kier alpha value is -3.47. The van der Waals surface area contributed by atoms with E-state index in [-0.39, 0.29) is 28.5 Å². The van der Waals surface area contributed by atoms with E-state index >= 15 is 0 Å². The van der Waals surface area contributed by atoms with Crippen LogP contribution >= 0.6 is 34.6 Å². The number of nitrogens with two attached hydrogens (primary N) is 1. The van der Waals surface area contributed by atoms with Crippen molar-refractivity contribution in [3.05, 3.63) is 46.3 Å². The number of pyridine rings is 1. The smallest absolute Gasteiger partial charge is 0.278 e. The van der Waals surface area contributed by atoms with Gasteiger partial charge in [0.25, 0.3) is 11.8 Å². The Morgan fingerprint density at radius 1 is 1.33 bits per heavy atom. The number of hydrogen-bond donors (Lipinski definition) is 2. The lowest BCUT2D eigenvalue weighted by Crippen LogP contribution is -2.70. The van der Waals surface area contributed by atoms with Crippen LogP contribution < -0.4 is 15.6 Å². The number of nitrogens with zero attached hydrogens (tertiary/aromatic N) is 6. The molecule has 202 valence electrons. The Bertz CT molecular complexity index is 1530. The van der Waals surface area contributed by atoms with Crippen molar-refractivity contribution in [1.29, 1.82) is 0 Å². The van der Waals surface area contributed by atoms with Gasteiger partial charge in [-0.1, -0.05) is 5.16 Å². The molecule has 0 spiro atoms. The monoisotopic (exact) mass is 602 g/mol. The highest BCUT2D eigenvalue weighted by Gasteiger charge is 2.53. The summed E-state index contributed by atoms with van der Waals surface area (Å²) in [5.74, 6) is -0.792. The van der Waals surface area contributed by atoms with Crippen molar-refractivity contribution in [2.75, 3.05) is 11.5 Å². The summed E-state index contributed by atoms with van der Waals surface area (Å²) in [5.41, 5.74) is 7.84. The van der Waals surface area contributed by atoms with Crippen LogP contribution in [0.2, 0.25) is 0 Å². The van der Waals surface area contributed by atoms with E-state index in [0.29, 0.717) is 16.3 Å². The lowest BCUT2D eigenvalue weighted by Gasteiger charge is -2.50. The summed E-state index contributed by atoms with van der Waals surface area (Å²) < 4.78 is 5.98. The van der Waals surface area contributed by atoms with Crippen molar-refractivity contribution in [2.45, 2.75) is 31.4 Å². The van der Waals surface area contributed by atoms with Gasteiger partial charge in [-0.2, -0.15) is 13.9 Å². The number of hydrogen-bond acceptors (Lipinski definition) is 13. The summed E-state index contributed by atoms with van der Waals surface area (Å²) in [6, 6.07) is 4.88. The first-order valence-corrected chi connectivity index (χ1v) is 14.7. The molecule has 5 rings (SSSR count). The molecule has 39 heavy (non-hydrogen) atoms. The van der Waals surface area contributed by atoms with E-state index in [1.54, 1.807) is 13.8 Å². The molecule has 2 aliphatic heterocycles. The Kier molecular flexibility index (Phi) is 7.61. The van der Waals surface area contributed by atoms with Gasteiger partial charge in [0.2, 0.25) is 17.2 Å². The standard InChI is InChI=1S/C23H22N8O4S4/c1-10(2)35-28-14(17-27-23(24)39-29-17)18(32)26-15-20(33)31-16(22(34)36)11(8-38-21(15)31)19-25-12(9-37-19)13-6-4-5-7-30(13)3/h4-7,9-10,15,21H,8H2,1-3H3,(H3-,24,26,27,29,32,34,36)/b28-14-/t15-,21-/m1/s1. The minimum atomic E-state index is -0.913. The number of thioether (sulfide) groups is 1. The average Bonchev–Trinajstić information content (AvgIpc) is 3.56. The molecule has 3 aromatic heterocycles. The van der Waals surface area contributed by atoms with Gasteiger partial charge in [-0.3, -0.25) is 14.5 Å². The number of nitrogen functional groups attached to an aromatic ring is 1. The molecule has 3 aromatic rings. The Labute approximate surface area is 240 Å². The Morgan fingerprint density at radius 2 is 2.13 bits per heavy atom. The highest BCUT2D eigenvalue weighted by Crippen LogP contribution is 2.44. The lowest BCUT2D eigenvalue weighted by atomic mass is 10.0. The summed E-state index contributed by atoms with van der Waals surface area (Å²) in [6.45, 7) is 3.49. The zero-order valence-corrected chi connectivity index (χ0v) is 24.1. The van der Waals surface area contributed by atoms with E-state index in [0.717, 1.165) is 22.9 Å². The van der Waals surface area contributed by atoms with Gasteiger partial charge in [0.1, 0.15) is 35.3 Å². The molecule has 2 atom stereocenters.